The van der Waals surface area contributed by atoms with Crippen LogP contribution >= 0.6 is 0 Å². The van der Waals surface area contributed by atoms with Crippen LogP contribution in [-0.2, 0) is 25.5 Å². The highest BCUT2D eigenvalue weighted by molar-refractivity contribution is 6.15. The number of hydrogen-bond acceptors (Lipinski definition) is 5. The number of ether oxygens (including phenoxy) is 1. The van der Waals surface area contributed by atoms with Crippen molar-refractivity contribution in [2.45, 2.75) is 24.5 Å². The summed E-state index contributed by atoms with van der Waals surface area (Å²) in [5.41, 5.74) is 4.51. The molecule has 2 unspecified atom stereocenters. The summed E-state index contributed by atoms with van der Waals surface area (Å²) in [6.07, 6.45) is 1.40. The third kappa shape index (κ3) is 2.37. The monoisotopic (exact) mass is 317 g/mol. The molecule has 2 saturated heterocycles. The van der Waals surface area contributed by atoms with Gasteiger partial charge in [0.2, 0.25) is 11.4 Å². The van der Waals surface area contributed by atoms with E-state index in [-0.39, 0.29) is 25.3 Å². The molecule has 2 atom stereocenters. The Morgan fingerprint density at radius 2 is 2.26 bits per heavy atom. The van der Waals surface area contributed by atoms with E-state index in [1.807, 2.05) is 0 Å². The first-order chi connectivity index (χ1) is 11.0. The van der Waals surface area contributed by atoms with E-state index in [0.29, 0.717) is 6.42 Å². The fourth-order valence-electron chi connectivity index (χ4n) is 3.34. The Morgan fingerprint density at radius 1 is 1.48 bits per heavy atom. The molecule has 2 amide bonds. The number of amides is 2. The van der Waals surface area contributed by atoms with E-state index in [1.54, 1.807) is 18.2 Å². The van der Waals surface area contributed by atoms with Gasteiger partial charge in [-0.3, -0.25) is 14.4 Å². The Kier molecular flexibility index (Phi) is 3.81. The largest absolute Gasteiger partial charge is 0.508 e. The van der Waals surface area contributed by atoms with Crippen LogP contribution in [0, 0.1) is 6.42 Å². The van der Waals surface area contributed by atoms with Crippen molar-refractivity contribution < 1.29 is 24.2 Å². The number of fused-ring (bicyclic) bond motifs is 1. The summed E-state index contributed by atoms with van der Waals surface area (Å²) in [5, 5.41) is 9.43. The van der Waals surface area contributed by atoms with Gasteiger partial charge in [-0.05, 0) is 30.5 Å². The van der Waals surface area contributed by atoms with Gasteiger partial charge in [0.05, 0.1) is 12.5 Å². The quantitative estimate of drug-likeness (QED) is 0.732. The molecule has 2 fully saturated rings. The lowest BCUT2D eigenvalue weighted by Crippen LogP contribution is -2.63. The van der Waals surface area contributed by atoms with Gasteiger partial charge in [0.1, 0.15) is 12.4 Å². The molecule has 0 spiro atoms. The second-order valence-corrected chi connectivity index (χ2v) is 5.71. The number of nitrogens with zero attached hydrogens (tertiary/aromatic N) is 1. The van der Waals surface area contributed by atoms with Crippen molar-refractivity contribution in [3.8, 4) is 5.75 Å². The minimum absolute atomic E-state index is 0.109. The zero-order chi connectivity index (χ0) is 16.6. The summed E-state index contributed by atoms with van der Waals surface area (Å²) >= 11 is 0. The van der Waals surface area contributed by atoms with Gasteiger partial charge < -0.3 is 20.5 Å². The number of benzene rings is 1. The molecule has 2 aliphatic heterocycles. The maximum absolute atomic E-state index is 12.5. The second-order valence-electron chi connectivity index (χ2n) is 5.71. The summed E-state index contributed by atoms with van der Waals surface area (Å²) in [7, 11) is 0. The number of rotatable bonds is 4. The summed E-state index contributed by atoms with van der Waals surface area (Å²) in [6, 6.07) is 6.52. The van der Waals surface area contributed by atoms with E-state index < -0.39 is 29.2 Å². The summed E-state index contributed by atoms with van der Waals surface area (Å²) in [4.78, 5) is 37.8. The maximum Gasteiger partial charge on any atom is 0.254 e. The number of carbonyl (C=O) groups excluding carboxylic acids is 3. The van der Waals surface area contributed by atoms with Gasteiger partial charge in [0, 0.05) is 6.54 Å². The fraction of sp³-hybridized carbons (Fsp3) is 0.375. The van der Waals surface area contributed by atoms with Gasteiger partial charge in [-0.2, -0.15) is 0 Å². The minimum Gasteiger partial charge on any atom is -0.508 e. The predicted octanol–water partition coefficient (Wildman–Crippen LogP) is -0.437. The molecular formula is C16H17N2O5. The van der Waals surface area contributed by atoms with Crippen LogP contribution in [0.25, 0.3) is 0 Å². The number of aromatic hydroxyl groups is 1. The Hall–Kier alpha value is -2.41. The number of phenolic OH excluding ortho intramolecular Hbond substituents is 1. The summed E-state index contributed by atoms with van der Waals surface area (Å²) in [5.74, 6) is -1.64. The number of carbonyl (C=O) groups is 3. The molecule has 0 bridgehead atoms. The molecular weight excluding hydrogens is 300 g/mol. The molecule has 3 rings (SSSR count). The third-order valence-electron chi connectivity index (χ3n) is 4.41. The molecule has 121 valence electrons. The molecule has 0 aromatic heterocycles. The fourth-order valence-corrected chi connectivity index (χ4v) is 3.34. The SMILES string of the molecule is NC(=O)C12C(=O)COC1CCN2C(=O)[CH]Cc1cccc(O)c1. The smallest absolute Gasteiger partial charge is 0.254 e. The molecule has 1 aromatic rings. The van der Waals surface area contributed by atoms with Crippen LogP contribution in [0.2, 0.25) is 0 Å². The Labute approximate surface area is 133 Å². The molecule has 1 radical (unpaired) electrons. The van der Waals surface area contributed by atoms with Crippen LogP contribution in [-0.4, -0.2) is 52.4 Å². The minimum atomic E-state index is -1.67. The molecule has 23 heavy (non-hydrogen) atoms. The number of likely N-dealkylation sites (tertiary alicyclic amines) is 1. The van der Waals surface area contributed by atoms with E-state index in [4.69, 9.17) is 10.5 Å². The van der Waals surface area contributed by atoms with Crippen molar-refractivity contribution in [1.29, 1.82) is 0 Å². The van der Waals surface area contributed by atoms with Crippen LogP contribution in [0.3, 0.4) is 0 Å². The number of ketones is 1. The highest BCUT2D eigenvalue weighted by Crippen LogP contribution is 2.37. The van der Waals surface area contributed by atoms with Gasteiger partial charge >= 0.3 is 0 Å². The van der Waals surface area contributed by atoms with Gasteiger partial charge in [-0.15, -0.1) is 0 Å². The third-order valence-corrected chi connectivity index (χ3v) is 4.41. The van der Waals surface area contributed by atoms with Crippen molar-refractivity contribution in [3.05, 3.63) is 36.2 Å². The Morgan fingerprint density at radius 3 is 2.96 bits per heavy atom. The van der Waals surface area contributed by atoms with E-state index in [1.165, 1.54) is 17.4 Å². The highest BCUT2D eigenvalue weighted by atomic mass is 16.5. The van der Waals surface area contributed by atoms with Crippen LogP contribution < -0.4 is 5.73 Å². The summed E-state index contributed by atoms with van der Waals surface area (Å²) < 4.78 is 5.32. The van der Waals surface area contributed by atoms with E-state index in [0.717, 1.165) is 5.56 Å². The lowest BCUT2D eigenvalue weighted by atomic mass is 9.89. The molecule has 7 nitrogen and oxygen atoms in total. The zero-order valence-electron chi connectivity index (χ0n) is 12.4. The number of primary amides is 1. The standard InChI is InChI=1S/C16H17N2O5/c17-15(22)16-12(20)9-23-13(16)6-7-18(16)14(21)5-4-10-2-1-3-11(19)8-10/h1-3,5,8,13,19H,4,6-7,9H2,(H2,17,22). The first-order valence-electron chi connectivity index (χ1n) is 7.33. The van der Waals surface area contributed by atoms with Crippen LogP contribution in [0.4, 0.5) is 0 Å². The number of nitrogens with two attached hydrogens (primary N) is 1. The zero-order valence-corrected chi connectivity index (χ0v) is 12.4. The molecule has 0 aliphatic carbocycles. The number of hydrogen-bond donors (Lipinski definition) is 2. The first kappa shape index (κ1) is 15.5. The van der Waals surface area contributed by atoms with E-state index in [2.05, 4.69) is 0 Å². The van der Waals surface area contributed by atoms with Crippen molar-refractivity contribution in [3.63, 3.8) is 0 Å². The molecule has 3 N–H and O–H groups in total. The predicted molar refractivity (Wildman–Crippen MR) is 79.1 cm³/mol. The lowest BCUT2D eigenvalue weighted by molar-refractivity contribution is -0.148. The molecule has 2 heterocycles. The number of phenols is 1. The molecule has 2 aliphatic rings. The van der Waals surface area contributed by atoms with E-state index in [9.17, 15) is 19.5 Å². The first-order valence-corrected chi connectivity index (χ1v) is 7.33. The normalized spacial score (nSPS) is 26.3. The molecule has 0 saturated carbocycles. The van der Waals surface area contributed by atoms with Crippen molar-refractivity contribution in [1.82, 2.24) is 4.90 Å². The topological polar surface area (TPSA) is 110 Å². The van der Waals surface area contributed by atoms with Gasteiger partial charge in [-0.1, -0.05) is 12.1 Å². The van der Waals surface area contributed by atoms with Gasteiger partial charge in [-0.25, -0.2) is 0 Å². The van der Waals surface area contributed by atoms with Crippen LogP contribution in [0.5, 0.6) is 5.75 Å². The Bertz CT molecular complexity index is 674. The number of Topliss-reactive ketones (excluding diaryl/α,β-unsaturated/α-hetero) is 1. The average Bonchev–Trinajstić information content (AvgIpc) is 3.04. The van der Waals surface area contributed by atoms with E-state index >= 15 is 0 Å². The summed E-state index contributed by atoms with van der Waals surface area (Å²) in [6.45, 7) is 0.0403. The molecule has 7 heteroatoms. The van der Waals surface area contributed by atoms with Gasteiger partial charge in [0.25, 0.3) is 5.91 Å². The van der Waals surface area contributed by atoms with Crippen molar-refractivity contribution >= 4 is 17.6 Å². The maximum atomic E-state index is 12.5. The lowest BCUT2D eigenvalue weighted by Gasteiger charge is -2.32. The van der Waals surface area contributed by atoms with Crippen molar-refractivity contribution in [2.24, 2.45) is 5.73 Å². The average molecular weight is 317 g/mol. The Balaban J connectivity index is 1.76. The highest BCUT2D eigenvalue weighted by Gasteiger charge is 2.64. The second kappa shape index (κ2) is 5.66. The van der Waals surface area contributed by atoms with Crippen LogP contribution in [0.15, 0.2) is 24.3 Å². The van der Waals surface area contributed by atoms with Crippen LogP contribution in [0.1, 0.15) is 12.0 Å². The van der Waals surface area contributed by atoms with Gasteiger partial charge in [0.15, 0.2) is 5.78 Å². The molecule has 1 aromatic carbocycles. The van der Waals surface area contributed by atoms with Crippen molar-refractivity contribution in [2.75, 3.05) is 13.2 Å².